The zero-order chi connectivity index (χ0) is 20.6. The first-order valence-corrected chi connectivity index (χ1v) is 10.8. The molecule has 5 nitrogen and oxygen atoms in total. The molecular formula is C24H22N4OS. The highest BCUT2D eigenvalue weighted by Crippen LogP contribution is 2.26. The quantitative estimate of drug-likeness (QED) is 0.281. The third-order valence-corrected chi connectivity index (χ3v) is 5.38. The lowest BCUT2D eigenvalue weighted by Crippen LogP contribution is -1.99. The van der Waals surface area contributed by atoms with Gasteiger partial charge in [0, 0.05) is 16.9 Å². The third kappa shape index (κ3) is 4.78. The van der Waals surface area contributed by atoms with Gasteiger partial charge in [-0.1, -0.05) is 84.6 Å². The highest BCUT2D eigenvalue weighted by atomic mass is 32.2. The van der Waals surface area contributed by atoms with Gasteiger partial charge in [-0.05, 0) is 24.6 Å². The van der Waals surface area contributed by atoms with Gasteiger partial charge in [0.15, 0.2) is 5.82 Å². The van der Waals surface area contributed by atoms with Crippen molar-refractivity contribution in [3.05, 3.63) is 96.1 Å². The molecule has 4 rings (SSSR count). The van der Waals surface area contributed by atoms with E-state index < -0.39 is 0 Å². The predicted molar refractivity (Wildman–Crippen MR) is 122 cm³/mol. The Hall–Kier alpha value is -3.38. The maximum atomic E-state index is 5.72. The van der Waals surface area contributed by atoms with Gasteiger partial charge in [-0.3, -0.25) is 0 Å². The Morgan fingerprint density at radius 3 is 2.37 bits per heavy atom. The average molecular weight is 415 g/mol. The van der Waals surface area contributed by atoms with Crippen LogP contribution >= 0.6 is 11.8 Å². The van der Waals surface area contributed by atoms with Crippen LogP contribution in [0.25, 0.3) is 11.4 Å². The van der Waals surface area contributed by atoms with E-state index in [9.17, 15) is 0 Å². The first kappa shape index (κ1) is 19.9. The Balaban J connectivity index is 1.68. The normalized spacial score (nSPS) is 11.1. The zero-order valence-corrected chi connectivity index (χ0v) is 17.5. The molecule has 1 aromatic heterocycles. The molecule has 0 saturated heterocycles. The highest BCUT2D eigenvalue weighted by molar-refractivity contribution is 7.98. The molecule has 4 aromatic rings. The summed E-state index contributed by atoms with van der Waals surface area (Å²) in [5.74, 6) is 2.30. The largest absolute Gasteiger partial charge is 0.493 e. The smallest absolute Gasteiger partial charge is 0.212 e. The molecule has 0 radical (unpaired) electrons. The van der Waals surface area contributed by atoms with Gasteiger partial charge in [0.05, 0.1) is 12.8 Å². The van der Waals surface area contributed by atoms with Crippen LogP contribution in [0, 0.1) is 0 Å². The summed E-state index contributed by atoms with van der Waals surface area (Å²) in [5.41, 5.74) is 3.10. The van der Waals surface area contributed by atoms with Gasteiger partial charge in [-0.2, -0.15) is 9.78 Å². The molecule has 3 aromatic carbocycles. The van der Waals surface area contributed by atoms with Gasteiger partial charge < -0.3 is 4.74 Å². The molecule has 0 aliphatic carbocycles. The second kappa shape index (κ2) is 9.89. The van der Waals surface area contributed by atoms with E-state index in [0.29, 0.717) is 12.4 Å². The number of para-hydroxylation sites is 1. The van der Waals surface area contributed by atoms with Crippen LogP contribution < -0.4 is 4.74 Å². The van der Waals surface area contributed by atoms with Gasteiger partial charge in [-0.25, -0.2) is 0 Å². The summed E-state index contributed by atoms with van der Waals surface area (Å²) in [7, 11) is 0. The number of aromatic nitrogens is 3. The van der Waals surface area contributed by atoms with Crippen molar-refractivity contribution in [1.82, 2.24) is 14.9 Å². The fourth-order valence-corrected chi connectivity index (χ4v) is 3.79. The first-order valence-electron chi connectivity index (χ1n) is 9.79. The van der Waals surface area contributed by atoms with E-state index in [1.807, 2.05) is 79.7 Å². The minimum atomic E-state index is 0.602. The number of benzene rings is 3. The molecule has 0 N–H and O–H groups in total. The van der Waals surface area contributed by atoms with Crippen molar-refractivity contribution in [2.24, 2.45) is 5.10 Å². The van der Waals surface area contributed by atoms with Crippen molar-refractivity contribution in [1.29, 1.82) is 0 Å². The summed E-state index contributed by atoms with van der Waals surface area (Å²) in [6, 6.07) is 28.1. The third-order valence-electron chi connectivity index (χ3n) is 4.39. The lowest BCUT2D eigenvalue weighted by atomic mass is 10.2. The molecular weight excluding hydrogens is 392 g/mol. The molecule has 150 valence electrons. The van der Waals surface area contributed by atoms with E-state index in [1.54, 1.807) is 22.7 Å². The highest BCUT2D eigenvalue weighted by Gasteiger charge is 2.14. The van der Waals surface area contributed by atoms with Crippen molar-refractivity contribution in [2.75, 3.05) is 6.61 Å². The molecule has 0 saturated carbocycles. The van der Waals surface area contributed by atoms with Gasteiger partial charge in [-0.15, -0.1) is 10.2 Å². The van der Waals surface area contributed by atoms with Gasteiger partial charge >= 0.3 is 0 Å². The van der Waals surface area contributed by atoms with Gasteiger partial charge in [0.2, 0.25) is 5.16 Å². The molecule has 30 heavy (non-hydrogen) atoms. The Bertz CT molecular complexity index is 1110. The number of nitrogens with zero attached hydrogens (tertiary/aromatic N) is 4. The Morgan fingerprint density at radius 2 is 1.60 bits per heavy atom. The van der Waals surface area contributed by atoms with Crippen molar-refractivity contribution in [3.8, 4) is 17.1 Å². The predicted octanol–water partition coefficient (Wildman–Crippen LogP) is 5.52. The van der Waals surface area contributed by atoms with Crippen molar-refractivity contribution >= 4 is 18.0 Å². The van der Waals surface area contributed by atoms with E-state index in [4.69, 9.17) is 9.84 Å². The number of thioether (sulfide) groups is 1. The lowest BCUT2D eigenvalue weighted by molar-refractivity contribution is 0.340. The molecule has 0 unspecified atom stereocenters. The van der Waals surface area contributed by atoms with Crippen LogP contribution in [0.15, 0.2) is 95.2 Å². The molecule has 0 atom stereocenters. The number of ether oxygens (including phenoxy) is 1. The van der Waals surface area contributed by atoms with E-state index >= 15 is 0 Å². The molecule has 0 fully saturated rings. The number of hydrogen-bond donors (Lipinski definition) is 0. The maximum absolute atomic E-state index is 5.72. The minimum Gasteiger partial charge on any atom is -0.493 e. The van der Waals surface area contributed by atoms with Crippen LogP contribution in [0.2, 0.25) is 0 Å². The molecule has 0 amide bonds. The minimum absolute atomic E-state index is 0.602. The van der Waals surface area contributed by atoms with Gasteiger partial charge in [0.25, 0.3) is 0 Å². The summed E-state index contributed by atoms with van der Waals surface area (Å²) >= 11 is 1.61. The van der Waals surface area contributed by atoms with Crippen molar-refractivity contribution in [2.45, 2.75) is 17.8 Å². The van der Waals surface area contributed by atoms with Gasteiger partial charge in [0.1, 0.15) is 5.75 Å². The summed E-state index contributed by atoms with van der Waals surface area (Å²) in [5, 5.41) is 14.3. The summed E-state index contributed by atoms with van der Waals surface area (Å²) in [6.45, 7) is 2.57. The van der Waals surface area contributed by atoms with Crippen LogP contribution in [0.3, 0.4) is 0 Å². The van der Waals surface area contributed by atoms with Crippen molar-refractivity contribution < 1.29 is 4.74 Å². The fraction of sp³-hybridized carbons (Fsp3) is 0.125. The average Bonchev–Trinajstić information content (AvgIpc) is 3.21. The SMILES string of the molecule is CCOc1ccccc1/C=N/n1c(SCc2ccccc2)nnc1-c1ccccc1. The number of rotatable bonds is 8. The Morgan fingerprint density at radius 1 is 0.900 bits per heavy atom. The summed E-state index contributed by atoms with van der Waals surface area (Å²) in [6.07, 6.45) is 1.80. The summed E-state index contributed by atoms with van der Waals surface area (Å²) in [4.78, 5) is 0. The molecule has 0 bridgehead atoms. The molecule has 0 aliphatic rings. The second-order valence-corrected chi connectivity index (χ2v) is 7.42. The van der Waals surface area contributed by atoms with Crippen LogP contribution in [0.5, 0.6) is 5.75 Å². The van der Waals surface area contributed by atoms with Crippen LogP contribution in [0.1, 0.15) is 18.1 Å². The Labute approximate surface area is 180 Å². The first-order chi connectivity index (χ1) is 14.8. The molecule has 1 heterocycles. The second-order valence-electron chi connectivity index (χ2n) is 6.47. The molecule has 6 heteroatoms. The standard InChI is InChI=1S/C24H22N4OS/c1-2-29-22-16-10-9-15-21(22)17-25-28-23(20-13-7-4-8-14-20)26-27-24(28)30-18-19-11-5-3-6-12-19/h3-17H,2,18H2,1H3/b25-17+. The van der Waals surface area contributed by atoms with E-state index in [0.717, 1.165) is 27.8 Å². The summed E-state index contributed by atoms with van der Waals surface area (Å²) < 4.78 is 7.52. The van der Waals surface area contributed by atoms with E-state index in [1.165, 1.54) is 5.56 Å². The van der Waals surface area contributed by atoms with E-state index in [-0.39, 0.29) is 0 Å². The van der Waals surface area contributed by atoms with Crippen LogP contribution in [-0.4, -0.2) is 27.7 Å². The van der Waals surface area contributed by atoms with Crippen LogP contribution in [0.4, 0.5) is 0 Å². The lowest BCUT2D eigenvalue weighted by Gasteiger charge is -2.07. The van der Waals surface area contributed by atoms with Crippen molar-refractivity contribution in [3.63, 3.8) is 0 Å². The number of hydrogen-bond acceptors (Lipinski definition) is 5. The molecule has 0 spiro atoms. The van der Waals surface area contributed by atoms with Crippen LogP contribution in [-0.2, 0) is 5.75 Å². The molecule has 0 aliphatic heterocycles. The fourth-order valence-electron chi connectivity index (χ4n) is 2.94. The monoisotopic (exact) mass is 414 g/mol. The topological polar surface area (TPSA) is 52.3 Å². The maximum Gasteiger partial charge on any atom is 0.212 e. The Kier molecular flexibility index (Phi) is 6.57. The van der Waals surface area contributed by atoms with E-state index in [2.05, 4.69) is 22.3 Å². The zero-order valence-electron chi connectivity index (χ0n) is 16.7.